The molecule has 0 radical (unpaired) electrons. The quantitative estimate of drug-likeness (QED) is 0.0660. The van der Waals surface area contributed by atoms with Crippen molar-refractivity contribution >= 4 is 30.0 Å². The van der Waals surface area contributed by atoms with Gasteiger partial charge >= 0.3 is 23.9 Å². The van der Waals surface area contributed by atoms with Crippen LogP contribution in [0.4, 0.5) is 0 Å². The van der Waals surface area contributed by atoms with E-state index < -0.39 is 205 Å². The van der Waals surface area contributed by atoms with Crippen molar-refractivity contribution in [1.82, 2.24) is 0 Å². The summed E-state index contributed by atoms with van der Waals surface area (Å²) in [6, 6.07) is 8.41. The Morgan fingerprint density at radius 2 is 0.840 bits per heavy atom. The molecule has 10 atom stereocenters. The van der Waals surface area contributed by atoms with Crippen molar-refractivity contribution < 1.29 is 129 Å². The molecular weight excluding hydrogens is 1000 g/mol. The molecule has 4 heterocycles. The third-order valence-electron chi connectivity index (χ3n) is 12.7. The van der Waals surface area contributed by atoms with Crippen molar-refractivity contribution in [3.63, 3.8) is 0 Å². The number of aliphatic hydroxyl groups is 2. The number of benzene rings is 5. The Bertz CT molecular complexity index is 3220. The largest absolute Gasteiger partial charge is 0.504 e. The van der Waals surface area contributed by atoms with Crippen LogP contribution < -0.4 is 4.74 Å². The number of hydrogen-bond acceptors (Lipinski definition) is 26. The second-order valence-corrected chi connectivity index (χ2v) is 17.3. The van der Waals surface area contributed by atoms with E-state index in [1.54, 1.807) is 31.2 Å². The molecule has 0 aromatic heterocycles. The van der Waals surface area contributed by atoms with Crippen LogP contribution in [0.25, 0.3) is 28.3 Å². The zero-order valence-corrected chi connectivity index (χ0v) is 38.4. The summed E-state index contributed by atoms with van der Waals surface area (Å²) in [4.78, 5) is 56.7. The highest BCUT2D eigenvalue weighted by molar-refractivity contribution is 6.10. The first-order chi connectivity index (χ1) is 35.5. The highest BCUT2D eigenvalue weighted by Crippen LogP contribution is 2.55. The van der Waals surface area contributed by atoms with Crippen LogP contribution in [-0.4, -0.2) is 163 Å². The molecule has 0 saturated carbocycles. The first-order valence-corrected chi connectivity index (χ1v) is 22.2. The van der Waals surface area contributed by atoms with E-state index in [4.69, 9.17) is 37.9 Å². The summed E-state index contributed by atoms with van der Waals surface area (Å²) in [6.07, 6.45) is -16.1. The minimum atomic E-state index is -2.23. The molecule has 0 amide bonds. The van der Waals surface area contributed by atoms with Crippen LogP contribution in [0, 0.1) is 0 Å². The lowest BCUT2D eigenvalue weighted by molar-refractivity contribution is -0.317. The normalized spacial score (nSPS) is 25.4. The van der Waals surface area contributed by atoms with Gasteiger partial charge < -0.3 is 109 Å². The van der Waals surface area contributed by atoms with Crippen molar-refractivity contribution in [2.45, 2.75) is 75.3 Å². The van der Waals surface area contributed by atoms with E-state index in [9.17, 15) is 90.7 Å². The number of ether oxygens (including phenoxy) is 8. The third kappa shape index (κ3) is 8.60. The molecule has 5 aromatic carbocycles. The molecule has 0 aliphatic carbocycles. The predicted molar refractivity (Wildman–Crippen MR) is 243 cm³/mol. The van der Waals surface area contributed by atoms with Gasteiger partial charge in [-0.2, -0.15) is 0 Å². The number of carbonyl (C=O) groups excluding carboxylic acids is 4. The number of aliphatic hydroxyl groups excluding tert-OH is 2. The predicted octanol–water partition coefficient (Wildman–Crippen LogP) is 2.64. The summed E-state index contributed by atoms with van der Waals surface area (Å²) in [6.45, 7) is 2.06. The summed E-state index contributed by atoms with van der Waals surface area (Å²) in [5.74, 6) is -21.0. The van der Waals surface area contributed by atoms with Crippen LogP contribution in [0.15, 0.2) is 54.6 Å². The van der Waals surface area contributed by atoms with Crippen LogP contribution in [0.2, 0.25) is 0 Å². The Hall–Kier alpha value is -9.08. The molecule has 5 aromatic rings. The monoisotopic (exact) mass is 1050 g/mol. The Labute approximate surface area is 419 Å². The van der Waals surface area contributed by atoms with E-state index in [0.29, 0.717) is 24.3 Å². The standard InChI is InChI=1S/C49H42O26/c1-3-4-15-5-7-16(8-6-15)70-49-39(63)43-41(73-45(65)18-10-22(51)31(55)35(59)27(18)29-20(47(67)75-43)12-24(53)33(57)37(29)61)25(71-49)13-68-48-38(62)42-40(14(2)69-48)72-44(64)17-9-21(50)30(54)34(58)26(17)28-19(46(66)74-42)11-23(52)32(56)36(28)60/h3-12,14,25,38-43,48-63H,13H2,1-2H3/b4-3+/t14-,25+,38+,39+,40-,41+,42-,43+,48+,49+/m0/s1. The number of phenols is 12. The molecule has 394 valence electrons. The molecule has 2 saturated heterocycles. The van der Waals surface area contributed by atoms with Crippen LogP contribution in [0.3, 0.4) is 0 Å². The summed E-state index contributed by atoms with van der Waals surface area (Å²) < 4.78 is 46.7. The van der Waals surface area contributed by atoms with Gasteiger partial charge in [-0.25, -0.2) is 19.2 Å². The number of carbonyl (C=O) groups is 4. The maximum Gasteiger partial charge on any atom is 0.339 e. The molecule has 4 aliphatic heterocycles. The molecule has 9 rings (SSSR count). The van der Waals surface area contributed by atoms with E-state index in [0.717, 1.165) is 5.56 Å². The number of allylic oxidation sites excluding steroid dienone is 1. The number of rotatable bonds is 6. The van der Waals surface area contributed by atoms with Gasteiger partial charge in [-0.1, -0.05) is 24.3 Å². The van der Waals surface area contributed by atoms with Crippen molar-refractivity contribution in [3.8, 4) is 97.0 Å². The number of aromatic hydroxyl groups is 12. The summed E-state index contributed by atoms with van der Waals surface area (Å²) in [5, 5.41) is 152. The van der Waals surface area contributed by atoms with Gasteiger partial charge in [0.2, 0.25) is 29.3 Å². The smallest absolute Gasteiger partial charge is 0.339 e. The summed E-state index contributed by atoms with van der Waals surface area (Å²) in [7, 11) is 0. The number of hydrogen-bond donors (Lipinski definition) is 14. The number of fused-ring (bicyclic) bond motifs is 8. The van der Waals surface area contributed by atoms with Crippen molar-refractivity contribution in [1.29, 1.82) is 0 Å². The fourth-order valence-corrected chi connectivity index (χ4v) is 8.98. The molecule has 0 bridgehead atoms. The van der Waals surface area contributed by atoms with Crippen LogP contribution in [0.1, 0.15) is 60.8 Å². The fourth-order valence-electron chi connectivity index (χ4n) is 8.98. The maximum atomic E-state index is 14.4. The van der Waals surface area contributed by atoms with E-state index >= 15 is 0 Å². The van der Waals surface area contributed by atoms with Gasteiger partial charge in [0.05, 0.1) is 35.0 Å². The zero-order chi connectivity index (χ0) is 54.2. The van der Waals surface area contributed by atoms with Gasteiger partial charge in [0.15, 0.2) is 82.8 Å². The van der Waals surface area contributed by atoms with E-state index in [1.165, 1.54) is 19.1 Å². The zero-order valence-electron chi connectivity index (χ0n) is 38.4. The molecular formula is C49H42O26. The van der Waals surface area contributed by atoms with Gasteiger partial charge in [-0.05, 0) is 55.8 Å². The van der Waals surface area contributed by atoms with E-state index in [2.05, 4.69) is 0 Å². The Balaban J connectivity index is 1.10. The van der Waals surface area contributed by atoms with Crippen LogP contribution in [0.5, 0.6) is 74.7 Å². The highest BCUT2D eigenvalue weighted by Gasteiger charge is 2.55. The minimum Gasteiger partial charge on any atom is -0.504 e. The average molecular weight is 1050 g/mol. The van der Waals surface area contributed by atoms with Crippen molar-refractivity contribution in [2.75, 3.05) is 6.61 Å². The van der Waals surface area contributed by atoms with Gasteiger partial charge in [0, 0.05) is 22.3 Å². The van der Waals surface area contributed by atoms with Gasteiger partial charge in [-0.15, -0.1) is 0 Å². The lowest BCUT2D eigenvalue weighted by Gasteiger charge is -2.45. The van der Waals surface area contributed by atoms with E-state index in [1.807, 2.05) is 0 Å². The SMILES string of the molecule is C/C=C/c1ccc(O[C@@H]2O[C@H](CO[C@@H]3O[C@@H](C)[C@@H]4OC(=O)c5cc(O)c(O)c(O)c5-c5c(cc(O)c(O)c5O)C(=O)O[C@H]4[C@H]3O)[C@H]3OC(=O)c4cc(O)c(O)c(O)c4-c4c(cc(O)c(O)c4O)C(=O)O[C@@H]3[C@H]2O)cc1. The Morgan fingerprint density at radius 3 is 1.24 bits per heavy atom. The van der Waals surface area contributed by atoms with Crippen LogP contribution in [-0.2, 0) is 33.2 Å². The molecule has 75 heavy (non-hydrogen) atoms. The molecule has 26 nitrogen and oxygen atoms in total. The lowest BCUT2D eigenvalue weighted by Crippen LogP contribution is -2.64. The average Bonchev–Trinajstić information content (AvgIpc) is 3.37. The van der Waals surface area contributed by atoms with Crippen molar-refractivity contribution in [3.05, 3.63) is 82.4 Å². The molecule has 4 aliphatic rings. The first-order valence-electron chi connectivity index (χ1n) is 22.2. The topological polar surface area (TPSA) is 425 Å². The second kappa shape index (κ2) is 19.1. The fraction of sp³-hybridized carbons (Fsp3) is 0.265. The summed E-state index contributed by atoms with van der Waals surface area (Å²) in [5.41, 5.74) is -6.49. The first kappa shape index (κ1) is 50.8. The molecule has 2 fully saturated rings. The van der Waals surface area contributed by atoms with Crippen molar-refractivity contribution in [2.24, 2.45) is 0 Å². The van der Waals surface area contributed by atoms with Gasteiger partial charge in [-0.3, -0.25) is 0 Å². The minimum absolute atomic E-state index is 0.0468. The molecule has 14 N–H and O–H groups in total. The van der Waals surface area contributed by atoms with Gasteiger partial charge in [0.25, 0.3) is 0 Å². The van der Waals surface area contributed by atoms with Crippen LogP contribution >= 0.6 is 0 Å². The molecule has 26 heteroatoms. The highest BCUT2D eigenvalue weighted by atomic mass is 16.7. The molecule has 0 unspecified atom stereocenters. The molecule has 0 spiro atoms. The summed E-state index contributed by atoms with van der Waals surface area (Å²) >= 11 is 0. The number of esters is 4. The lowest BCUT2D eigenvalue weighted by atomic mass is 9.91. The Kier molecular flexibility index (Phi) is 12.9. The maximum absolute atomic E-state index is 14.4. The van der Waals surface area contributed by atoms with Gasteiger partial charge in [0.1, 0.15) is 18.0 Å². The Morgan fingerprint density at radius 1 is 0.480 bits per heavy atom. The second-order valence-electron chi connectivity index (χ2n) is 17.3. The van der Waals surface area contributed by atoms with E-state index in [-0.39, 0.29) is 5.75 Å². The number of phenolic OH excluding ortho intramolecular Hbond substituents is 12. The third-order valence-corrected chi connectivity index (χ3v) is 12.7.